The molecule has 0 heterocycles. The highest BCUT2D eigenvalue weighted by Gasteiger charge is 2.24. The first-order valence-corrected chi connectivity index (χ1v) is 5.74. The Kier molecular flexibility index (Phi) is 5.70. The number of para-hydroxylation sites is 1. The Hall–Kier alpha value is -2.04. The van der Waals surface area contributed by atoms with Crippen LogP contribution < -0.4 is 4.74 Å². The van der Waals surface area contributed by atoms with Crippen molar-refractivity contribution in [1.82, 2.24) is 0 Å². The summed E-state index contributed by atoms with van der Waals surface area (Å²) in [5.74, 6) is -3.13. The van der Waals surface area contributed by atoms with Gasteiger partial charge in [0.15, 0.2) is 5.92 Å². The maximum absolute atomic E-state index is 10.6. The van der Waals surface area contributed by atoms with E-state index in [1.165, 1.54) is 0 Å². The first-order chi connectivity index (χ1) is 8.61. The van der Waals surface area contributed by atoms with Crippen molar-refractivity contribution in [1.29, 1.82) is 0 Å². The van der Waals surface area contributed by atoms with Crippen LogP contribution in [0.1, 0.15) is 19.3 Å². The molecule has 2 N–H and O–H groups in total. The summed E-state index contributed by atoms with van der Waals surface area (Å²) in [6, 6.07) is 9.27. The maximum Gasteiger partial charge on any atom is 0.317 e. The minimum atomic E-state index is -1.32. The lowest BCUT2D eigenvalue weighted by molar-refractivity contribution is -0.154. The summed E-state index contributed by atoms with van der Waals surface area (Å²) < 4.78 is 5.41. The van der Waals surface area contributed by atoms with E-state index < -0.39 is 17.9 Å². The molecule has 1 aromatic carbocycles. The fourth-order valence-corrected chi connectivity index (χ4v) is 1.51. The number of carboxylic acid groups (broad SMARTS) is 2. The molecule has 0 radical (unpaired) electrons. The molecule has 0 aliphatic heterocycles. The van der Waals surface area contributed by atoms with Crippen molar-refractivity contribution in [2.75, 3.05) is 6.61 Å². The molecule has 98 valence electrons. The minimum absolute atomic E-state index is 0.128. The summed E-state index contributed by atoms with van der Waals surface area (Å²) in [5, 5.41) is 17.3. The molecule has 0 aliphatic carbocycles. The van der Waals surface area contributed by atoms with Gasteiger partial charge in [0.1, 0.15) is 5.75 Å². The van der Waals surface area contributed by atoms with Crippen LogP contribution in [0.2, 0.25) is 0 Å². The van der Waals surface area contributed by atoms with E-state index in [1.54, 1.807) is 0 Å². The number of ether oxygens (including phenoxy) is 1. The molecule has 0 amide bonds. The largest absolute Gasteiger partial charge is 0.494 e. The Balaban J connectivity index is 2.19. The molecule has 0 aliphatic rings. The predicted molar refractivity (Wildman–Crippen MR) is 64.5 cm³/mol. The predicted octanol–water partition coefficient (Wildman–Crippen LogP) is 2.02. The van der Waals surface area contributed by atoms with Gasteiger partial charge < -0.3 is 14.9 Å². The smallest absolute Gasteiger partial charge is 0.317 e. The molecular formula is C13H16O5. The van der Waals surface area contributed by atoms with E-state index in [2.05, 4.69) is 0 Å². The molecule has 0 bridgehead atoms. The molecule has 0 aromatic heterocycles. The van der Waals surface area contributed by atoms with E-state index in [0.29, 0.717) is 19.4 Å². The summed E-state index contributed by atoms with van der Waals surface area (Å²) in [7, 11) is 0. The molecule has 0 saturated heterocycles. The van der Waals surface area contributed by atoms with Gasteiger partial charge in [-0.3, -0.25) is 9.59 Å². The van der Waals surface area contributed by atoms with Crippen LogP contribution in [-0.4, -0.2) is 28.8 Å². The van der Waals surface area contributed by atoms with E-state index in [4.69, 9.17) is 14.9 Å². The Morgan fingerprint density at radius 2 is 1.67 bits per heavy atom. The van der Waals surface area contributed by atoms with Gasteiger partial charge in [-0.15, -0.1) is 0 Å². The van der Waals surface area contributed by atoms with Crippen molar-refractivity contribution < 1.29 is 24.5 Å². The van der Waals surface area contributed by atoms with E-state index in [-0.39, 0.29) is 6.42 Å². The average Bonchev–Trinajstić information content (AvgIpc) is 2.34. The molecule has 5 nitrogen and oxygen atoms in total. The second kappa shape index (κ2) is 7.32. The van der Waals surface area contributed by atoms with Crippen molar-refractivity contribution in [2.24, 2.45) is 5.92 Å². The second-order valence-electron chi connectivity index (χ2n) is 3.89. The third-order valence-corrected chi connectivity index (χ3v) is 2.50. The van der Waals surface area contributed by atoms with Crippen molar-refractivity contribution >= 4 is 11.9 Å². The monoisotopic (exact) mass is 252 g/mol. The van der Waals surface area contributed by atoms with Crippen LogP contribution in [0, 0.1) is 5.92 Å². The molecule has 5 heteroatoms. The van der Waals surface area contributed by atoms with Gasteiger partial charge >= 0.3 is 11.9 Å². The number of carbonyl (C=O) groups is 2. The van der Waals surface area contributed by atoms with Crippen LogP contribution in [0.4, 0.5) is 0 Å². The molecular weight excluding hydrogens is 236 g/mol. The third kappa shape index (κ3) is 4.86. The number of rotatable bonds is 8. The number of aliphatic carboxylic acids is 2. The van der Waals surface area contributed by atoms with Gasteiger partial charge in [0.05, 0.1) is 6.61 Å². The van der Waals surface area contributed by atoms with Crippen LogP contribution in [0.15, 0.2) is 30.3 Å². The Morgan fingerprint density at radius 1 is 1.06 bits per heavy atom. The van der Waals surface area contributed by atoms with Gasteiger partial charge in [-0.05, 0) is 31.4 Å². The lowest BCUT2D eigenvalue weighted by Crippen LogP contribution is -2.23. The Labute approximate surface area is 105 Å². The first kappa shape index (κ1) is 14.0. The molecule has 0 spiro atoms. The number of unbranched alkanes of at least 4 members (excludes halogenated alkanes) is 1. The Bertz CT molecular complexity index is 374. The average molecular weight is 252 g/mol. The second-order valence-corrected chi connectivity index (χ2v) is 3.89. The lowest BCUT2D eigenvalue weighted by atomic mass is 10.0. The standard InChI is InChI=1S/C13H16O5/c14-12(15)11(13(16)17)8-4-5-9-18-10-6-2-1-3-7-10/h1-3,6-7,11H,4-5,8-9H2,(H,14,15)(H,16,17). The summed E-state index contributed by atoms with van der Waals surface area (Å²) in [4.78, 5) is 21.2. The fraction of sp³-hybridized carbons (Fsp3) is 0.385. The van der Waals surface area contributed by atoms with Crippen molar-refractivity contribution in [3.63, 3.8) is 0 Å². The van der Waals surface area contributed by atoms with Crippen LogP contribution in [0.3, 0.4) is 0 Å². The maximum atomic E-state index is 10.6. The van der Waals surface area contributed by atoms with Crippen LogP contribution in [0.25, 0.3) is 0 Å². The van der Waals surface area contributed by atoms with E-state index in [1.807, 2.05) is 30.3 Å². The molecule has 0 saturated carbocycles. The number of hydrogen-bond donors (Lipinski definition) is 2. The van der Waals surface area contributed by atoms with Crippen LogP contribution in [-0.2, 0) is 9.59 Å². The molecule has 1 aromatic rings. The third-order valence-electron chi connectivity index (χ3n) is 2.50. The van der Waals surface area contributed by atoms with Gasteiger partial charge in [-0.1, -0.05) is 18.2 Å². The minimum Gasteiger partial charge on any atom is -0.494 e. The zero-order valence-electron chi connectivity index (χ0n) is 9.91. The normalized spacial score (nSPS) is 10.3. The highest BCUT2D eigenvalue weighted by atomic mass is 16.5. The number of carboxylic acids is 2. The number of benzene rings is 1. The molecule has 0 unspecified atom stereocenters. The van der Waals surface area contributed by atoms with Crippen LogP contribution in [0.5, 0.6) is 5.75 Å². The van der Waals surface area contributed by atoms with Gasteiger partial charge in [0.2, 0.25) is 0 Å². The summed E-state index contributed by atoms with van der Waals surface area (Å²) in [6.45, 7) is 0.454. The van der Waals surface area contributed by atoms with Crippen molar-refractivity contribution in [3.8, 4) is 5.75 Å². The van der Waals surface area contributed by atoms with Crippen molar-refractivity contribution in [2.45, 2.75) is 19.3 Å². The molecule has 18 heavy (non-hydrogen) atoms. The van der Waals surface area contributed by atoms with Gasteiger partial charge in [-0.25, -0.2) is 0 Å². The van der Waals surface area contributed by atoms with E-state index in [0.717, 1.165) is 5.75 Å². The zero-order valence-corrected chi connectivity index (χ0v) is 9.91. The molecule has 1 rings (SSSR count). The fourth-order valence-electron chi connectivity index (χ4n) is 1.51. The first-order valence-electron chi connectivity index (χ1n) is 5.74. The van der Waals surface area contributed by atoms with Gasteiger partial charge in [-0.2, -0.15) is 0 Å². The highest BCUT2D eigenvalue weighted by molar-refractivity contribution is 5.92. The van der Waals surface area contributed by atoms with Crippen LogP contribution >= 0.6 is 0 Å². The zero-order chi connectivity index (χ0) is 13.4. The molecule has 0 atom stereocenters. The van der Waals surface area contributed by atoms with Gasteiger partial charge in [0, 0.05) is 0 Å². The highest BCUT2D eigenvalue weighted by Crippen LogP contribution is 2.12. The summed E-state index contributed by atoms with van der Waals surface area (Å²) >= 11 is 0. The summed E-state index contributed by atoms with van der Waals surface area (Å²) in [5.41, 5.74) is 0. The SMILES string of the molecule is O=C(O)C(CCCCOc1ccccc1)C(=O)O. The quantitative estimate of drug-likeness (QED) is 0.546. The Morgan fingerprint density at radius 3 is 2.22 bits per heavy atom. The topological polar surface area (TPSA) is 83.8 Å². The lowest BCUT2D eigenvalue weighted by Gasteiger charge is -2.08. The molecule has 0 fully saturated rings. The van der Waals surface area contributed by atoms with Gasteiger partial charge in [0.25, 0.3) is 0 Å². The van der Waals surface area contributed by atoms with E-state index in [9.17, 15) is 9.59 Å². The summed E-state index contributed by atoms with van der Waals surface area (Å²) in [6.07, 6.45) is 1.27. The number of hydrogen-bond acceptors (Lipinski definition) is 3. The van der Waals surface area contributed by atoms with E-state index >= 15 is 0 Å². The van der Waals surface area contributed by atoms with Crippen molar-refractivity contribution in [3.05, 3.63) is 30.3 Å².